The van der Waals surface area contributed by atoms with Crippen molar-refractivity contribution in [1.82, 2.24) is 0 Å². The van der Waals surface area contributed by atoms with Gasteiger partial charge in [-0.1, -0.05) is 78.9 Å². The fourth-order valence-corrected chi connectivity index (χ4v) is 3.44. The molecule has 3 aromatic rings. The molecule has 0 aliphatic rings. The Morgan fingerprint density at radius 3 is 1.81 bits per heavy atom. The molecule has 0 aliphatic carbocycles. The van der Waals surface area contributed by atoms with E-state index < -0.39 is 0 Å². The third-order valence-electron chi connectivity index (χ3n) is 3.92. The molecule has 0 N–H and O–H groups in total. The van der Waals surface area contributed by atoms with Gasteiger partial charge in [-0.25, -0.2) is 0 Å². The van der Waals surface area contributed by atoms with Gasteiger partial charge in [0.25, 0.3) is 0 Å². The molecule has 0 amide bonds. The van der Waals surface area contributed by atoms with Crippen molar-refractivity contribution in [3.8, 4) is 0 Å². The second-order valence-corrected chi connectivity index (χ2v) is 7.14. The summed E-state index contributed by atoms with van der Waals surface area (Å²) in [5, 5.41) is 0. The Labute approximate surface area is 160 Å². The van der Waals surface area contributed by atoms with Gasteiger partial charge in [-0.05, 0) is 23.3 Å². The average molecular weight is 365 g/mol. The first-order valence-electron chi connectivity index (χ1n) is 8.85. The molecule has 134 valence electrons. The van der Waals surface area contributed by atoms with Gasteiger partial charge in [0.1, 0.15) is 0 Å². The van der Waals surface area contributed by atoms with Crippen LogP contribution in [-0.4, -0.2) is 18.5 Å². The molecule has 0 aliphatic heterocycles. The summed E-state index contributed by atoms with van der Waals surface area (Å²) in [6, 6.07) is 31.0. The van der Waals surface area contributed by atoms with Crippen molar-refractivity contribution in [3.63, 3.8) is 0 Å². The predicted molar refractivity (Wildman–Crippen MR) is 108 cm³/mol. The van der Waals surface area contributed by atoms with Crippen LogP contribution >= 0.6 is 11.8 Å². The molecule has 0 radical (unpaired) electrons. The summed E-state index contributed by atoms with van der Waals surface area (Å²) in [6.07, 6.45) is 0.0455. The first-order chi connectivity index (χ1) is 12.9. The highest BCUT2D eigenvalue weighted by atomic mass is 32.2. The molecule has 0 saturated carbocycles. The van der Waals surface area contributed by atoms with E-state index in [0.717, 1.165) is 5.75 Å². The molecular formula is C23H24O2S. The summed E-state index contributed by atoms with van der Waals surface area (Å²) >= 11 is 1.80. The van der Waals surface area contributed by atoms with Crippen molar-refractivity contribution >= 4 is 11.8 Å². The van der Waals surface area contributed by atoms with Gasteiger partial charge in [0.2, 0.25) is 0 Å². The van der Waals surface area contributed by atoms with E-state index in [1.807, 2.05) is 42.5 Å². The molecule has 26 heavy (non-hydrogen) atoms. The van der Waals surface area contributed by atoms with E-state index in [-0.39, 0.29) is 6.10 Å². The molecule has 1 atom stereocenters. The van der Waals surface area contributed by atoms with Gasteiger partial charge in [-0.2, -0.15) is 0 Å². The van der Waals surface area contributed by atoms with Crippen molar-refractivity contribution in [3.05, 3.63) is 102 Å². The number of ether oxygens (including phenoxy) is 2. The van der Waals surface area contributed by atoms with Gasteiger partial charge in [-0.15, -0.1) is 11.8 Å². The number of thioether (sulfide) groups is 1. The second-order valence-electron chi connectivity index (χ2n) is 6.04. The lowest BCUT2D eigenvalue weighted by atomic mass is 10.2. The summed E-state index contributed by atoms with van der Waals surface area (Å²) in [5.41, 5.74) is 2.37. The van der Waals surface area contributed by atoms with Crippen LogP contribution in [0.4, 0.5) is 0 Å². The van der Waals surface area contributed by atoms with Crippen molar-refractivity contribution in [2.75, 3.05) is 12.4 Å². The zero-order valence-electron chi connectivity index (χ0n) is 14.8. The molecule has 0 heterocycles. The molecule has 0 spiro atoms. The summed E-state index contributed by atoms with van der Waals surface area (Å²) in [4.78, 5) is 1.25. The monoisotopic (exact) mass is 364 g/mol. The fourth-order valence-electron chi connectivity index (χ4n) is 2.52. The van der Waals surface area contributed by atoms with Crippen LogP contribution in [0.15, 0.2) is 95.9 Å². The summed E-state index contributed by atoms with van der Waals surface area (Å²) in [5.74, 6) is 0.867. The van der Waals surface area contributed by atoms with E-state index in [0.29, 0.717) is 19.8 Å². The maximum atomic E-state index is 6.14. The summed E-state index contributed by atoms with van der Waals surface area (Å²) in [7, 11) is 0. The first-order valence-corrected chi connectivity index (χ1v) is 9.84. The van der Waals surface area contributed by atoms with Crippen LogP contribution in [-0.2, 0) is 22.7 Å². The van der Waals surface area contributed by atoms with Crippen LogP contribution in [0.2, 0.25) is 0 Å². The van der Waals surface area contributed by atoms with Crippen LogP contribution < -0.4 is 0 Å². The van der Waals surface area contributed by atoms with E-state index in [9.17, 15) is 0 Å². The minimum atomic E-state index is 0.0455. The minimum Gasteiger partial charge on any atom is -0.374 e. The molecule has 0 unspecified atom stereocenters. The van der Waals surface area contributed by atoms with Crippen molar-refractivity contribution in [2.24, 2.45) is 0 Å². The topological polar surface area (TPSA) is 18.5 Å². The van der Waals surface area contributed by atoms with Crippen molar-refractivity contribution in [1.29, 1.82) is 0 Å². The maximum absolute atomic E-state index is 6.14. The lowest BCUT2D eigenvalue weighted by Gasteiger charge is -2.18. The Morgan fingerprint density at radius 1 is 0.654 bits per heavy atom. The van der Waals surface area contributed by atoms with Gasteiger partial charge in [0, 0.05) is 10.6 Å². The van der Waals surface area contributed by atoms with E-state index >= 15 is 0 Å². The van der Waals surface area contributed by atoms with Gasteiger partial charge < -0.3 is 9.47 Å². The third-order valence-corrected chi connectivity index (χ3v) is 5.07. The van der Waals surface area contributed by atoms with Gasteiger partial charge in [0.15, 0.2) is 0 Å². The lowest BCUT2D eigenvalue weighted by Crippen LogP contribution is -2.22. The standard InChI is InChI=1S/C23H24O2S/c1-4-10-20(11-5-1)16-24-18-22(19-26-23-14-8-3-9-15-23)25-17-21-12-6-2-7-13-21/h1-15,22H,16-19H2/t22-/m1/s1. The summed E-state index contributed by atoms with van der Waals surface area (Å²) < 4.78 is 12.1. The Hall–Kier alpha value is -2.07. The third kappa shape index (κ3) is 6.68. The van der Waals surface area contributed by atoms with Crippen LogP contribution in [0.25, 0.3) is 0 Å². The Balaban J connectivity index is 1.51. The van der Waals surface area contributed by atoms with Crippen molar-refractivity contribution in [2.45, 2.75) is 24.2 Å². The molecule has 3 heteroatoms. The lowest BCUT2D eigenvalue weighted by molar-refractivity contribution is -0.0173. The highest BCUT2D eigenvalue weighted by Crippen LogP contribution is 2.20. The summed E-state index contributed by atoms with van der Waals surface area (Å²) in [6.45, 7) is 1.80. The molecule has 2 nitrogen and oxygen atoms in total. The maximum Gasteiger partial charge on any atom is 0.0906 e. The normalized spacial score (nSPS) is 12.0. The number of benzene rings is 3. The average Bonchev–Trinajstić information content (AvgIpc) is 2.72. The largest absolute Gasteiger partial charge is 0.374 e. The molecule has 3 rings (SSSR count). The van der Waals surface area contributed by atoms with Gasteiger partial charge in [-0.3, -0.25) is 0 Å². The molecular weight excluding hydrogens is 340 g/mol. The Bertz CT molecular complexity index is 688. The molecule has 0 fully saturated rings. The first kappa shape index (κ1) is 18.7. The highest BCUT2D eigenvalue weighted by molar-refractivity contribution is 7.99. The van der Waals surface area contributed by atoms with E-state index in [1.165, 1.54) is 16.0 Å². The van der Waals surface area contributed by atoms with Gasteiger partial charge in [0.05, 0.1) is 25.9 Å². The second kappa shape index (κ2) is 10.8. The quantitative estimate of drug-likeness (QED) is 0.438. The Morgan fingerprint density at radius 2 is 1.19 bits per heavy atom. The number of hydrogen-bond acceptors (Lipinski definition) is 3. The predicted octanol–water partition coefficient (Wildman–Crippen LogP) is 5.58. The SMILES string of the molecule is c1ccc(COC[C@H](CSc2ccccc2)OCc2ccccc2)cc1. The van der Waals surface area contributed by atoms with Crippen LogP contribution in [0, 0.1) is 0 Å². The molecule has 0 bridgehead atoms. The van der Waals surface area contributed by atoms with E-state index in [4.69, 9.17) is 9.47 Å². The molecule has 0 aromatic heterocycles. The molecule has 3 aromatic carbocycles. The Kier molecular flexibility index (Phi) is 7.78. The zero-order valence-corrected chi connectivity index (χ0v) is 15.6. The van der Waals surface area contributed by atoms with E-state index in [2.05, 4.69) is 48.5 Å². The van der Waals surface area contributed by atoms with Crippen molar-refractivity contribution < 1.29 is 9.47 Å². The minimum absolute atomic E-state index is 0.0455. The fraction of sp³-hybridized carbons (Fsp3) is 0.217. The van der Waals surface area contributed by atoms with Crippen LogP contribution in [0.5, 0.6) is 0 Å². The molecule has 0 saturated heterocycles. The number of rotatable bonds is 10. The van der Waals surface area contributed by atoms with E-state index in [1.54, 1.807) is 11.8 Å². The smallest absolute Gasteiger partial charge is 0.0906 e. The van der Waals surface area contributed by atoms with Gasteiger partial charge >= 0.3 is 0 Å². The highest BCUT2D eigenvalue weighted by Gasteiger charge is 2.11. The number of hydrogen-bond donors (Lipinski definition) is 0. The van der Waals surface area contributed by atoms with Crippen LogP contribution in [0.1, 0.15) is 11.1 Å². The van der Waals surface area contributed by atoms with Crippen LogP contribution in [0.3, 0.4) is 0 Å². The zero-order chi connectivity index (χ0) is 17.9.